The van der Waals surface area contributed by atoms with Crippen LogP contribution >= 0.6 is 0 Å². The number of benzene rings is 1. The lowest BCUT2D eigenvalue weighted by molar-refractivity contribution is -0.141. The van der Waals surface area contributed by atoms with Gasteiger partial charge in [0.05, 0.1) is 5.92 Å². The van der Waals surface area contributed by atoms with Crippen LogP contribution in [0.3, 0.4) is 0 Å². The van der Waals surface area contributed by atoms with Crippen molar-refractivity contribution in [2.45, 2.75) is 25.3 Å². The molecule has 0 saturated heterocycles. The van der Waals surface area contributed by atoms with Gasteiger partial charge in [-0.05, 0) is 19.3 Å². The molecular weight excluding hydrogens is 289 g/mol. The number of anilines is 1. The highest BCUT2D eigenvalue weighted by Gasteiger charge is 2.30. The Bertz CT molecular complexity index is 557. The minimum Gasteiger partial charge on any atom is -0.481 e. The average Bonchev–Trinajstić information content (AvgIpc) is 2.84. The van der Waals surface area contributed by atoms with Gasteiger partial charge in [0.1, 0.15) is 0 Å². The predicted molar refractivity (Wildman–Crippen MR) is 67.2 cm³/mol. The number of halogens is 3. The lowest BCUT2D eigenvalue weighted by Crippen LogP contribution is -2.36. The molecule has 2 amide bonds. The summed E-state index contributed by atoms with van der Waals surface area (Å²) in [5.41, 5.74) is -0.225. The lowest BCUT2D eigenvalue weighted by atomic mass is 10.1. The quantitative estimate of drug-likeness (QED) is 0.751. The number of nitrogens with one attached hydrogen (secondary N) is 2. The van der Waals surface area contributed by atoms with Crippen molar-refractivity contribution in [2.24, 2.45) is 5.92 Å². The maximum atomic E-state index is 13.0. The van der Waals surface area contributed by atoms with Crippen molar-refractivity contribution in [1.29, 1.82) is 0 Å². The van der Waals surface area contributed by atoms with E-state index in [0.29, 0.717) is 31.4 Å². The molecule has 21 heavy (non-hydrogen) atoms. The zero-order chi connectivity index (χ0) is 15.6. The van der Waals surface area contributed by atoms with Crippen LogP contribution in [0, 0.1) is 23.4 Å². The summed E-state index contributed by atoms with van der Waals surface area (Å²) < 4.78 is 38.7. The van der Waals surface area contributed by atoms with Crippen LogP contribution in [0.1, 0.15) is 19.3 Å². The topological polar surface area (TPSA) is 78.4 Å². The van der Waals surface area contributed by atoms with Gasteiger partial charge in [-0.1, -0.05) is 0 Å². The van der Waals surface area contributed by atoms with Crippen molar-refractivity contribution in [3.63, 3.8) is 0 Å². The molecule has 3 N–H and O–H groups in total. The SMILES string of the molecule is O=C(Nc1cc(F)c(F)c(F)c1)N[C@H]1CC[C@@H](C(=O)O)C1. The van der Waals surface area contributed by atoms with Crippen molar-refractivity contribution >= 4 is 17.7 Å². The predicted octanol–water partition coefficient (Wildman–Crippen LogP) is 2.48. The maximum absolute atomic E-state index is 13.0. The van der Waals surface area contributed by atoms with Crippen molar-refractivity contribution in [2.75, 3.05) is 5.32 Å². The van der Waals surface area contributed by atoms with Crippen LogP contribution in [0.5, 0.6) is 0 Å². The van der Waals surface area contributed by atoms with Crippen molar-refractivity contribution < 1.29 is 27.9 Å². The molecule has 1 aromatic carbocycles. The number of carboxylic acid groups (broad SMARTS) is 1. The molecule has 0 heterocycles. The lowest BCUT2D eigenvalue weighted by Gasteiger charge is -2.13. The van der Waals surface area contributed by atoms with E-state index in [0.717, 1.165) is 0 Å². The fourth-order valence-corrected chi connectivity index (χ4v) is 2.32. The molecule has 0 radical (unpaired) electrons. The monoisotopic (exact) mass is 302 g/mol. The summed E-state index contributed by atoms with van der Waals surface area (Å²) in [6, 6.07) is 0.275. The number of aliphatic carboxylic acids is 1. The van der Waals surface area contributed by atoms with E-state index in [4.69, 9.17) is 5.11 Å². The Balaban J connectivity index is 1.92. The Hall–Kier alpha value is -2.25. The molecule has 0 unspecified atom stereocenters. The number of carbonyl (C=O) groups is 2. The highest BCUT2D eigenvalue weighted by Crippen LogP contribution is 2.25. The second kappa shape index (κ2) is 6.02. The number of carboxylic acids is 1. The van der Waals surface area contributed by atoms with Crippen molar-refractivity contribution in [1.82, 2.24) is 5.32 Å². The van der Waals surface area contributed by atoms with Crippen LogP contribution in [0.15, 0.2) is 12.1 Å². The number of amides is 2. The van der Waals surface area contributed by atoms with E-state index in [9.17, 15) is 22.8 Å². The molecule has 2 atom stereocenters. The zero-order valence-electron chi connectivity index (χ0n) is 10.8. The van der Waals surface area contributed by atoms with Gasteiger partial charge in [-0.3, -0.25) is 4.79 Å². The minimum absolute atomic E-state index is 0.225. The van der Waals surface area contributed by atoms with E-state index in [1.165, 1.54) is 0 Å². The molecule has 114 valence electrons. The third-order valence-electron chi connectivity index (χ3n) is 3.36. The molecule has 0 bridgehead atoms. The van der Waals surface area contributed by atoms with E-state index in [-0.39, 0.29) is 11.7 Å². The van der Waals surface area contributed by atoms with E-state index in [2.05, 4.69) is 10.6 Å². The summed E-state index contributed by atoms with van der Waals surface area (Å²) in [5.74, 6) is -5.84. The van der Waals surface area contributed by atoms with Crippen LogP contribution < -0.4 is 10.6 Å². The Morgan fingerprint density at radius 3 is 2.29 bits per heavy atom. The molecule has 2 rings (SSSR count). The molecule has 1 aliphatic rings. The van der Waals surface area contributed by atoms with Gasteiger partial charge in [0.15, 0.2) is 17.5 Å². The van der Waals surface area contributed by atoms with E-state index >= 15 is 0 Å². The summed E-state index contributed by atoms with van der Waals surface area (Å²) in [5, 5.41) is 13.5. The first-order valence-corrected chi connectivity index (χ1v) is 6.31. The summed E-state index contributed by atoms with van der Waals surface area (Å²) in [7, 11) is 0. The largest absolute Gasteiger partial charge is 0.481 e. The Morgan fingerprint density at radius 1 is 1.14 bits per heavy atom. The second-order valence-corrected chi connectivity index (χ2v) is 4.90. The smallest absolute Gasteiger partial charge is 0.319 e. The first-order chi connectivity index (χ1) is 9.86. The van der Waals surface area contributed by atoms with Gasteiger partial charge in [0.25, 0.3) is 0 Å². The second-order valence-electron chi connectivity index (χ2n) is 4.90. The highest BCUT2D eigenvalue weighted by atomic mass is 19.2. The number of urea groups is 1. The van der Waals surface area contributed by atoms with Crippen LogP contribution in [0.2, 0.25) is 0 Å². The maximum Gasteiger partial charge on any atom is 0.319 e. The van der Waals surface area contributed by atoms with E-state index in [1.807, 2.05) is 0 Å². The van der Waals surface area contributed by atoms with E-state index in [1.54, 1.807) is 0 Å². The Labute approximate surface area is 118 Å². The van der Waals surface area contributed by atoms with Crippen LogP contribution in [0.4, 0.5) is 23.7 Å². The molecule has 1 saturated carbocycles. The fourth-order valence-electron chi connectivity index (χ4n) is 2.32. The molecule has 5 nitrogen and oxygen atoms in total. The van der Waals surface area contributed by atoms with Crippen molar-refractivity contribution in [3.8, 4) is 0 Å². The summed E-state index contributed by atoms with van der Waals surface area (Å²) in [6.45, 7) is 0. The highest BCUT2D eigenvalue weighted by molar-refractivity contribution is 5.89. The third kappa shape index (κ3) is 3.65. The van der Waals surface area contributed by atoms with Gasteiger partial charge >= 0.3 is 12.0 Å². The van der Waals surface area contributed by atoms with Gasteiger partial charge in [-0.2, -0.15) is 0 Å². The summed E-state index contributed by atoms with van der Waals surface area (Å²) >= 11 is 0. The van der Waals surface area contributed by atoms with Gasteiger partial charge in [-0.15, -0.1) is 0 Å². The van der Waals surface area contributed by atoms with Gasteiger partial charge in [0, 0.05) is 23.9 Å². The molecule has 0 aromatic heterocycles. The standard InChI is InChI=1S/C13H13F3N2O3/c14-9-4-8(5-10(15)11(9)16)18-13(21)17-7-2-1-6(3-7)12(19)20/h4-7H,1-3H2,(H,19,20)(H2,17,18,21)/t6-,7+/m1/s1. The molecule has 1 aromatic rings. The molecule has 1 aliphatic carbocycles. The van der Waals surface area contributed by atoms with Crippen LogP contribution in [-0.4, -0.2) is 23.1 Å². The normalized spacial score (nSPS) is 21.1. The molecular formula is C13H13F3N2O3. The molecule has 1 fully saturated rings. The number of rotatable bonds is 3. The van der Waals surface area contributed by atoms with E-state index < -0.39 is 35.4 Å². The number of hydrogen-bond acceptors (Lipinski definition) is 2. The first kappa shape index (κ1) is 15.1. The Morgan fingerprint density at radius 2 is 1.76 bits per heavy atom. The average molecular weight is 302 g/mol. The van der Waals surface area contributed by atoms with Crippen LogP contribution in [0.25, 0.3) is 0 Å². The van der Waals surface area contributed by atoms with Gasteiger partial charge < -0.3 is 15.7 Å². The first-order valence-electron chi connectivity index (χ1n) is 6.31. The Kier molecular flexibility index (Phi) is 4.35. The molecule has 0 aliphatic heterocycles. The number of hydrogen-bond donors (Lipinski definition) is 3. The molecule has 8 heteroatoms. The van der Waals surface area contributed by atoms with Gasteiger partial charge in [0.2, 0.25) is 0 Å². The summed E-state index contributed by atoms with van der Waals surface area (Å²) in [4.78, 5) is 22.4. The minimum atomic E-state index is -1.61. The van der Waals surface area contributed by atoms with Crippen LogP contribution in [-0.2, 0) is 4.79 Å². The number of carbonyl (C=O) groups excluding carboxylic acids is 1. The summed E-state index contributed by atoms with van der Waals surface area (Å²) in [6.07, 6.45) is 1.27. The molecule has 0 spiro atoms. The van der Waals surface area contributed by atoms with Crippen molar-refractivity contribution in [3.05, 3.63) is 29.6 Å². The third-order valence-corrected chi connectivity index (χ3v) is 3.36. The van der Waals surface area contributed by atoms with Gasteiger partial charge in [-0.25, -0.2) is 18.0 Å². The zero-order valence-corrected chi connectivity index (χ0v) is 10.8. The fraction of sp³-hybridized carbons (Fsp3) is 0.385.